The lowest BCUT2D eigenvalue weighted by molar-refractivity contribution is 0.0430. The van der Waals surface area contributed by atoms with E-state index in [0.717, 1.165) is 39.3 Å². The van der Waals surface area contributed by atoms with E-state index in [1.54, 1.807) is 12.3 Å². The minimum Gasteiger partial charge on any atom is -0.377 e. The molecule has 5 heteroatoms. The van der Waals surface area contributed by atoms with Crippen molar-refractivity contribution in [2.24, 2.45) is 0 Å². The lowest BCUT2D eigenvalue weighted by Gasteiger charge is -2.35. The molecule has 0 aromatic carbocycles. The van der Waals surface area contributed by atoms with E-state index in [1.807, 2.05) is 17.0 Å². The van der Waals surface area contributed by atoms with Gasteiger partial charge in [0.1, 0.15) is 5.69 Å². The Hall–Kier alpha value is -1.46. The summed E-state index contributed by atoms with van der Waals surface area (Å²) >= 11 is 0. The number of aromatic nitrogens is 1. The molecule has 1 amide bonds. The summed E-state index contributed by atoms with van der Waals surface area (Å²) in [4.78, 5) is 20.7. The molecule has 3 heterocycles. The summed E-state index contributed by atoms with van der Waals surface area (Å²) in [5.74, 6) is 0.0439. The Balaban J connectivity index is 1.49. The summed E-state index contributed by atoms with van der Waals surface area (Å²) in [6.07, 6.45) is 4.42. The first-order valence-corrected chi connectivity index (χ1v) is 7.37. The zero-order valence-electron chi connectivity index (χ0n) is 11.7. The first-order chi connectivity index (χ1) is 9.83. The lowest BCUT2D eigenvalue weighted by Crippen LogP contribution is -2.50. The number of ether oxygens (including phenoxy) is 1. The van der Waals surface area contributed by atoms with Crippen LogP contribution in [-0.2, 0) is 4.74 Å². The second kappa shape index (κ2) is 6.33. The molecular formula is C15H21N3O2. The number of rotatable bonds is 3. The molecule has 1 aromatic rings. The minimum atomic E-state index is 0.0439. The standard InChI is InChI=1S/C15H21N3O2/c19-15(14-5-1-2-6-16-14)18-9-7-17(8-10-18)12-13-4-3-11-20-13/h1-2,5-6,13H,3-4,7-12H2/t13-/m1/s1. The number of piperazine rings is 1. The average Bonchev–Trinajstić information content (AvgIpc) is 3.01. The Bertz CT molecular complexity index is 438. The van der Waals surface area contributed by atoms with E-state index in [1.165, 1.54) is 12.8 Å². The average molecular weight is 275 g/mol. The third kappa shape index (κ3) is 3.16. The van der Waals surface area contributed by atoms with Crippen LogP contribution in [0.2, 0.25) is 0 Å². The number of carbonyl (C=O) groups excluding carboxylic acids is 1. The summed E-state index contributed by atoms with van der Waals surface area (Å²) in [5.41, 5.74) is 0.542. The van der Waals surface area contributed by atoms with Crippen LogP contribution in [0, 0.1) is 0 Å². The molecule has 2 aliphatic rings. The Labute approximate surface area is 119 Å². The molecule has 3 rings (SSSR count). The molecule has 0 unspecified atom stereocenters. The first kappa shape index (κ1) is 13.5. The van der Waals surface area contributed by atoms with Crippen LogP contribution in [-0.4, -0.2) is 66.1 Å². The number of carbonyl (C=O) groups is 1. The van der Waals surface area contributed by atoms with Crippen LogP contribution in [0.25, 0.3) is 0 Å². The van der Waals surface area contributed by atoms with Gasteiger partial charge in [-0.1, -0.05) is 6.07 Å². The second-order valence-electron chi connectivity index (χ2n) is 5.44. The monoisotopic (exact) mass is 275 g/mol. The normalized spacial score (nSPS) is 24.0. The van der Waals surface area contributed by atoms with E-state index in [2.05, 4.69) is 9.88 Å². The molecule has 0 radical (unpaired) electrons. The molecule has 2 aliphatic heterocycles. The maximum atomic E-state index is 12.3. The third-order valence-electron chi connectivity index (χ3n) is 4.03. The molecular weight excluding hydrogens is 254 g/mol. The van der Waals surface area contributed by atoms with Gasteiger partial charge in [0.25, 0.3) is 5.91 Å². The Morgan fingerprint density at radius 3 is 2.80 bits per heavy atom. The van der Waals surface area contributed by atoms with E-state index < -0.39 is 0 Å². The van der Waals surface area contributed by atoms with E-state index >= 15 is 0 Å². The molecule has 2 saturated heterocycles. The van der Waals surface area contributed by atoms with Crippen LogP contribution >= 0.6 is 0 Å². The third-order valence-corrected chi connectivity index (χ3v) is 4.03. The fraction of sp³-hybridized carbons (Fsp3) is 0.600. The zero-order valence-corrected chi connectivity index (χ0v) is 11.7. The van der Waals surface area contributed by atoms with Crippen molar-refractivity contribution in [2.45, 2.75) is 18.9 Å². The number of hydrogen-bond acceptors (Lipinski definition) is 4. The van der Waals surface area contributed by atoms with Gasteiger partial charge in [0.05, 0.1) is 6.10 Å². The van der Waals surface area contributed by atoms with Crippen molar-refractivity contribution < 1.29 is 9.53 Å². The van der Waals surface area contributed by atoms with E-state index in [0.29, 0.717) is 11.8 Å². The largest absolute Gasteiger partial charge is 0.377 e. The summed E-state index contributed by atoms with van der Waals surface area (Å²) in [5, 5.41) is 0. The lowest BCUT2D eigenvalue weighted by atomic mass is 10.2. The molecule has 2 fully saturated rings. The Kier molecular flexibility index (Phi) is 4.28. The molecule has 0 spiro atoms. The van der Waals surface area contributed by atoms with Crippen molar-refractivity contribution in [3.63, 3.8) is 0 Å². The highest BCUT2D eigenvalue weighted by Crippen LogP contribution is 2.15. The molecule has 0 saturated carbocycles. The zero-order chi connectivity index (χ0) is 13.8. The van der Waals surface area contributed by atoms with Crippen molar-refractivity contribution in [1.82, 2.24) is 14.8 Å². The number of hydrogen-bond donors (Lipinski definition) is 0. The van der Waals surface area contributed by atoms with Gasteiger partial charge in [0.15, 0.2) is 0 Å². The summed E-state index contributed by atoms with van der Waals surface area (Å²) in [6, 6.07) is 5.46. The smallest absolute Gasteiger partial charge is 0.272 e. The van der Waals surface area contributed by atoms with Crippen LogP contribution in [0.3, 0.4) is 0 Å². The van der Waals surface area contributed by atoms with Crippen molar-refractivity contribution in [1.29, 1.82) is 0 Å². The van der Waals surface area contributed by atoms with Gasteiger partial charge in [-0.2, -0.15) is 0 Å². The van der Waals surface area contributed by atoms with Gasteiger partial charge in [-0.15, -0.1) is 0 Å². The molecule has 1 aromatic heterocycles. The summed E-state index contributed by atoms with van der Waals surface area (Å²) in [7, 11) is 0. The minimum absolute atomic E-state index is 0.0439. The summed E-state index contributed by atoms with van der Waals surface area (Å²) < 4.78 is 5.67. The predicted molar refractivity (Wildman–Crippen MR) is 75.6 cm³/mol. The van der Waals surface area contributed by atoms with Crippen molar-refractivity contribution in [3.8, 4) is 0 Å². The van der Waals surface area contributed by atoms with E-state index in [9.17, 15) is 4.79 Å². The first-order valence-electron chi connectivity index (χ1n) is 7.37. The molecule has 0 N–H and O–H groups in total. The van der Waals surface area contributed by atoms with Gasteiger partial charge in [-0.25, -0.2) is 0 Å². The van der Waals surface area contributed by atoms with Gasteiger partial charge < -0.3 is 9.64 Å². The van der Waals surface area contributed by atoms with Crippen LogP contribution < -0.4 is 0 Å². The van der Waals surface area contributed by atoms with E-state index in [-0.39, 0.29) is 5.91 Å². The SMILES string of the molecule is O=C(c1ccccn1)N1CCN(C[C@H]2CCCO2)CC1. The predicted octanol–water partition coefficient (Wildman–Crippen LogP) is 1.02. The Morgan fingerprint density at radius 1 is 1.30 bits per heavy atom. The number of nitrogens with zero attached hydrogens (tertiary/aromatic N) is 3. The molecule has 20 heavy (non-hydrogen) atoms. The van der Waals surface area contributed by atoms with Crippen molar-refractivity contribution in [3.05, 3.63) is 30.1 Å². The van der Waals surface area contributed by atoms with Crippen LogP contribution in [0.4, 0.5) is 0 Å². The molecule has 0 aliphatic carbocycles. The Morgan fingerprint density at radius 2 is 2.15 bits per heavy atom. The van der Waals surface area contributed by atoms with Crippen LogP contribution in [0.15, 0.2) is 24.4 Å². The van der Waals surface area contributed by atoms with Gasteiger partial charge >= 0.3 is 0 Å². The van der Waals surface area contributed by atoms with Gasteiger partial charge in [0, 0.05) is 45.5 Å². The highest BCUT2D eigenvalue weighted by Gasteiger charge is 2.25. The topological polar surface area (TPSA) is 45.7 Å². The number of amides is 1. The van der Waals surface area contributed by atoms with Gasteiger partial charge in [-0.05, 0) is 25.0 Å². The maximum Gasteiger partial charge on any atom is 0.272 e. The van der Waals surface area contributed by atoms with Crippen molar-refractivity contribution in [2.75, 3.05) is 39.3 Å². The maximum absolute atomic E-state index is 12.3. The quantitative estimate of drug-likeness (QED) is 0.826. The fourth-order valence-electron chi connectivity index (χ4n) is 2.86. The van der Waals surface area contributed by atoms with Gasteiger partial charge in [0.2, 0.25) is 0 Å². The van der Waals surface area contributed by atoms with Gasteiger partial charge in [-0.3, -0.25) is 14.7 Å². The molecule has 0 bridgehead atoms. The van der Waals surface area contributed by atoms with Crippen LogP contribution in [0.1, 0.15) is 23.3 Å². The van der Waals surface area contributed by atoms with Crippen LogP contribution in [0.5, 0.6) is 0 Å². The second-order valence-corrected chi connectivity index (χ2v) is 5.44. The summed E-state index contributed by atoms with van der Waals surface area (Å²) in [6.45, 7) is 5.33. The molecule has 5 nitrogen and oxygen atoms in total. The highest BCUT2D eigenvalue weighted by molar-refractivity contribution is 5.92. The van der Waals surface area contributed by atoms with E-state index in [4.69, 9.17) is 4.74 Å². The molecule has 1 atom stereocenters. The highest BCUT2D eigenvalue weighted by atomic mass is 16.5. The number of pyridine rings is 1. The van der Waals surface area contributed by atoms with Crippen molar-refractivity contribution >= 4 is 5.91 Å². The fourth-order valence-corrected chi connectivity index (χ4v) is 2.86. The molecule has 108 valence electrons.